The summed E-state index contributed by atoms with van der Waals surface area (Å²) in [6.45, 7) is 3.54. The number of nitrogens with zero attached hydrogens (tertiary/aromatic N) is 2. The fourth-order valence-corrected chi connectivity index (χ4v) is 2.26. The van der Waals surface area contributed by atoms with Crippen LogP contribution in [0.25, 0.3) is 0 Å². The maximum Gasteiger partial charge on any atom is 0.0635 e. The maximum absolute atomic E-state index is 8.36. The third-order valence-electron chi connectivity index (χ3n) is 3.07. The van der Waals surface area contributed by atoms with Crippen LogP contribution in [-0.4, -0.2) is 24.5 Å². The smallest absolute Gasteiger partial charge is 0.0635 e. The standard InChI is InChI=1S/C9H14N2/c10-5-2-6-11-7-9(8-11)3-1-4-9/h1-4,6-8H2. The van der Waals surface area contributed by atoms with Crippen LogP contribution in [0.3, 0.4) is 0 Å². The minimum atomic E-state index is 0.704. The Morgan fingerprint density at radius 3 is 2.55 bits per heavy atom. The van der Waals surface area contributed by atoms with Crippen molar-refractivity contribution in [2.75, 3.05) is 19.6 Å². The van der Waals surface area contributed by atoms with E-state index in [1.165, 1.54) is 32.4 Å². The van der Waals surface area contributed by atoms with Gasteiger partial charge in [-0.1, -0.05) is 6.42 Å². The second kappa shape index (κ2) is 2.49. The van der Waals surface area contributed by atoms with Crippen molar-refractivity contribution in [3.63, 3.8) is 0 Å². The van der Waals surface area contributed by atoms with Crippen LogP contribution >= 0.6 is 0 Å². The summed E-state index contributed by atoms with van der Waals surface area (Å²) >= 11 is 0. The van der Waals surface area contributed by atoms with E-state index in [1.807, 2.05) is 0 Å². The Morgan fingerprint density at radius 2 is 2.09 bits per heavy atom. The molecule has 2 rings (SSSR count). The summed E-state index contributed by atoms with van der Waals surface area (Å²) in [6.07, 6.45) is 5.02. The lowest BCUT2D eigenvalue weighted by Gasteiger charge is -2.56. The van der Waals surface area contributed by atoms with Gasteiger partial charge in [0.1, 0.15) is 0 Å². The second-order valence-electron chi connectivity index (χ2n) is 3.97. The van der Waals surface area contributed by atoms with Crippen LogP contribution in [-0.2, 0) is 0 Å². The van der Waals surface area contributed by atoms with E-state index in [-0.39, 0.29) is 0 Å². The zero-order valence-corrected chi connectivity index (χ0v) is 6.84. The van der Waals surface area contributed by atoms with Gasteiger partial charge in [-0.15, -0.1) is 0 Å². The van der Waals surface area contributed by atoms with E-state index in [9.17, 15) is 0 Å². The minimum Gasteiger partial charge on any atom is -0.301 e. The quantitative estimate of drug-likeness (QED) is 0.594. The average molecular weight is 150 g/mol. The molecule has 2 nitrogen and oxygen atoms in total. The van der Waals surface area contributed by atoms with Gasteiger partial charge in [-0.25, -0.2) is 0 Å². The zero-order chi connectivity index (χ0) is 7.73. The van der Waals surface area contributed by atoms with Crippen LogP contribution in [0.15, 0.2) is 0 Å². The second-order valence-corrected chi connectivity index (χ2v) is 3.97. The predicted octanol–water partition coefficient (Wildman–Crippen LogP) is 1.39. The fraction of sp³-hybridized carbons (Fsp3) is 0.889. The molecule has 2 heteroatoms. The molecule has 0 atom stereocenters. The van der Waals surface area contributed by atoms with Gasteiger partial charge < -0.3 is 4.90 Å². The lowest BCUT2D eigenvalue weighted by molar-refractivity contribution is -0.0581. The lowest BCUT2D eigenvalue weighted by atomic mass is 9.63. The molecule has 0 aromatic rings. The van der Waals surface area contributed by atoms with Crippen LogP contribution in [0.1, 0.15) is 25.7 Å². The molecule has 2 aliphatic rings. The van der Waals surface area contributed by atoms with Crippen molar-refractivity contribution in [2.45, 2.75) is 25.7 Å². The van der Waals surface area contributed by atoms with Crippen LogP contribution in [0, 0.1) is 16.7 Å². The van der Waals surface area contributed by atoms with Gasteiger partial charge in [0.15, 0.2) is 0 Å². The Labute approximate surface area is 67.8 Å². The minimum absolute atomic E-state index is 0.704. The first kappa shape index (κ1) is 7.12. The van der Waals surface area contributed by atoms with Gasteiger partial charge in [-0.05, 0) is 18.3 Å². The predicted molar refractivity (Wildman–Crippen MR) is 43.0 cm³/mol. The summed E-state index contributed by atoms with van der Waals surface area (Å²) in [7, 11) is 0. The van der Waals surface area contributed by atoms with Crippen molar-refractivity contribution in [1.82, 2.24) is 4.90 Å². The van der Waals surface area contributed by atoms with E-state index in [0.29, 0.717) is 6.42 Å². The Kier molecular flexibility index (Phi) is 1.61. The van der Waals surface area contributed by atoms with Crippen LogP contribution < -0.4 is 0 Å². The first-order valence-electron chi connectivity index (χ1n) is 4.44. The van der Waals surface area contributed by atoms with E-state index in [2.05, 4.69) is 11.0 Å². The summed E-state index contributed by atoms with van der Waals surface area (Å²) in [5.74, 6) is 0. The first-order chi connectivity index (χ1) is 5.35. The number of hydrogen-bond acceptors (Lipinski definition) is 2. The molecule has 1 heterocycles. The van der Waals surface area contributed by atoms with Crippen LogP contribution in [0.4, 0.5) is 0 Å². The van der Waals surface area contributed by atoms with Gasteiger partial charge in [-0.3, -0.25) is 0 Å². The Bertz CT molecular complexity index is 180. The fourth-order valence-electron chi connectivity index (χ4n) is 2.26. The molecule has 0 bridgehead atoms. The van der Waals surface area contributed by atoms with Crippen molar-refractivity contribution < 1.29 is 0 Å². The maximum atomic E-state index is 8.36. The topological polar surface area (TPSA) is 27.0 Å². The lowest BCUT2D eigenvalue weighted by Crippen LogP contribution is -2.59. The van der Waals surface area contributed by atoms with Crippen molar-refractivity contribution in [1.29, 1.82) is 5.26 Å². The van der Waals surface area contributed by atoms with Gasteiger partial charge in [0, 0.05) is 26.1 Å². The molecule has 1 saturated carbocycles. The van der Waals surface area contributed by atoms with E-state index < -0.39 is 0 Å². The molecular formula is C9H14N2. The molecular weight excluding hydrogens is 136 g/mol. The molecule has 0 aromatic heterocycles. The Morgan fingerprint density at radius 1 is 1.36 bits per heavy atom. The molecule has 2 fully saturated rings. The van der Waals surface area contributed by atoms with Gasteiger partial charge in [0.2, 0.25) is 0 Å². The summed E-state index contributed by atoms with van der Waals surface area (Å²) in [4.78, 5) is 2.41. The highest BCUT2D eigenvalue weighted by Gasteiger charge is 2.46. The van der Waals surface area contributed by atoms with Crippen molar-refractivity contribution >= 4 is 0 Å². The van der Waals surface area contributed by atoms with E-state index >= 15 is 0 Å². The highest BCUT2D eigenvalue weighted by Crippen LogP contribution is 2.47. The monoisotopic (exact) mass is 150 g/mol. The molecule has 0 N–H and O–H groups in total. The average Bonchev–Trinajstić information content (AvgIpc) is 1.81. The van der Waals surface area contributed by atoms with Crippen LogP contribution in [0.5, 0.6) is 0 Å². The molecule has 1 aliphatic heterocycles. The van der Waals surface area contributed by atoms with E-state index in [0.717, 1.165) is 12.0 Å². The Hall–Kier alpha value is -0.550. The number of rotatable bonds is 2. The summed E-state index contributed by atoms with van der Waals surface area (Å²) in [5.41, 5.74) is 0.732. The van der Waals surface area contributed by atoms with Crippen LogP contribution in [0.2, 0.25) is 0 Å². The number of nitriles is 1. The third-order valence-corrected chi connectivity index (χ3v) is 3.07. The van der Waals surface area contributed by atoms with E-state index in [4.69, 9.17) is 5.26 Å². The molecule has 60 valence electrons. The number of likely N-dealkylation sites (tertiary alicyclic amines) is 1. The van der Waals surface area contributed by atoms with Gasteiger partial charge >= 0.3 is 0 Å². The molecule has 0 aromatic carbocycles. The molecule has 1 spiro atoms. The Balaban J connectivity index is 1.68. The molecule has 1 saturated heterocycles. The zero-order valence-electron chi connectivity index (χ0n) is 6.84. The molecule has 1 aliphatic carbocycles. The molecule has 11 heavy (non-hydrogen) atoms. The summed E-state index contributed by atoms with van der Waals surface area (Å²) in [6, 6.07) is 2.19. The van der Waals surface area contributed by atoms with Gasteiger partial charge in [0.25, 0.3) is 0 Å². The van der Waals surface area contributed by atoms with Gasteiger partial charge in [-0.2, -0.15) is 5.26 Å². The van der Waals surface area contributed by atoms with Crippen molar-refractivity contribution in [3.05, 3.63) is 0 Å². The highest BCUT2D eigenvalue weighted by atomic mass is 15.2. The first-order valence-corrected chi connectivity index (χ1v) is 4.44. The molecule has 0 unspecified atom stereocenters. The molecule has 0 radical (unpaired) electrons. The number of hydrogen-bond donors (Lipinski definition) is 0. The normalized spacial score (nSPS) is 27.2. The summed E-state index contributed by atoms with van der Waals surface area (Å²) in [5, 5.41) is 8.36. The highest BCUT2D eigenvalue weighted by molar-refractivity contribution is 5.00. The molecule has 0 amide bonds. The SMILES string of the molecule is N#CCCN1CC2(CCC2)C1. The van der Waals surface area contributed by atoms with Crippen molar-refractivity contribution in [3.8, 4) is 6.07 Å². The van der Waals surface area contributed by atoms with E-state index in [1.54, 1.807) is 0 Å². The third kappa shape index (κ3) is 1.14. The summed E-state index contributed by atoms with van der Waals surface area (Å²) < 4.78 is 0. The van der Waals surface area contributed by atoms with Crippen molar-refractivity contribution in [2.24, 2.45) is 5.41 Å². The largest absolute Gasteiger partial charge is 0.301 e. The van der Waals surface area contributed by atoms with Gasteiger partial charge in [0.05, 0.1) is 6.07 Å².